The number of hydrogen-bond acceptors (Lipinski definition) is 1. The zero-order valence-corrected chi connectivity index (χ0v) is 13.0. The van der Waals surface area contributed by atoms with Crippen LogP contribution in [0.4, 0.5) is 0 Å². The number of ether oxygens (including phenoxy) is 1. The maximum absolute atomic E-state index is 5.20. The Morgan fingerprint density at radius 1 is 0.636 bits per heavy atom. The maximum atomic E-state index is 5.20. The van der Waals surface area contributed by atoms with Crippen molar-refractivity contribution in [2.45, 2.75) is 13.3 Å². The molecule has 0 atom stereocenters. The van der Waals surface area contributed by atoms with Crippen molar-refractivity contribution in [3.8, 4) is 16.9 Å². The van der Waals surface area contributed by atoms with E-state index in [0.29, 0.717) is 0 Å². The van der Waals surface area contributed by atoms with Gasteiger partial charge < -0.3 is 4.74 Å². The molecule has 0 heterocycles. The Morgan fingerprint density at radius 3 is 1.59 bits per heavy atom. The minimum atomic E-state index is 0.889. The molecule has 0 bridgehead atoms. The summed E-state index contributed by atoms with van der Waals surface area (Å²) in [5, 5.41) is 0. The Balaban J connectivity index is 1.75. The normalized spacial score (nSPS) is 10.5. The zero-order valence-electron chi connectivity index (χ0n) is 13.0. The molecule has 22 heavy (non-hydrogen) atoms. The molecular weight excluding hydrogens is 268 g/mol. The van der Waals surface area contributed by atoms with E-state index in [9.17, 15) is 0 Å². The lowest BCUT2D eigenvalue weighted by Gasteiger charge is -2.06. The topological polar surface area (TPSA) is 9.23 Å². The van der Waals surface area contributed by atoms with Gasteiger partial charge in [-0.25, -0.2) is 0 Å². The fourth-order valence-corrected chi connectivity index (χ4v) is 2.54. The Labute approximate surface area is 132 Å². The molecule has 0 unspecified atom stereocenters. The van der Waals surface area contributed by atoms with E-state index >= 15 is 0 Å². The first-order valence-electron chi connectivity index (χ1n) is 7.53. The fraction of sp³-hybridized carbons (Fsp3) is 0.143. The highest BCUT2D eigenvalue weighted by atomic mass is 16.5. The molecule has 0 aliphatic heterocycles. The number of benzene rings is 3. The van der Waals surface area contributed by atoms with E-state index in [-0.39, 0.29) is 0 Å². The molecule has 3 aromatic rings. The van der Waals surface area contributed by atoms with E-state index < -0.39 is 0 Å². The molecule has 1 nitrogen and oxygen atoms in total. The molecular formula is C21H20O. The van der Waals surface area contributed by atoms with Crippen LogP contribution in [-0.4, -0.2) is 7.11 Å². The lowest BCUT2D eigenvalue weighted by molar-refractivity contribution is 0.415. The molecule has 0 N–H and O–H groups in total. The van der Waals surface area contributed by atoms with Crippen molar-refractivity contribution in [2.24, 2.45) is 0 Å². The summed E-state index contributed by atoms with van der Waals surface area (Å²) in [6.07, 6.45) is 0.975. The number of aryl methyl sites for hydroxylation is 1. The molecule has 3 aromatic carbocycles. The van der Waals surface area contributed by atoms with Gasteiger partial charge in [0, 0.05) is 0 Å². The largest absolute Gasteiger partial charge is 0.497 e. The summed E-state index contributed by atoms with van der Waals surface area (Å²) in [7, 11) is 1.69. The van der Waals surface area contributed by atoms with Crippen molar-refractivity contribution < 1.29 is 4.74 Å². The highest BCUT2D eigenvalue weighted by molar-refractivity contribution is 5.64. The summed E-state index contributed by atoms with van der Waals surface area (Å²) in [5.41, 5.74) is 6.43. The van der Waals surface area contributed by atoms with Crippen LogP contribution in [0.2, 0.25) is 0 Å². The average molecular weight is 288 g/mol. The predicted molar refractivity (Wildman–Crippen MR) is 92.4 cm³/mol. The van der Waals surface area contributed by atoms with Crippen molar-refractivity contribution in [1.29, 1.82) is 0 Å². The van der Waals surface area contributed by atoms with E-state index in [0.717, 1.165) is 12.2 Å². The highest BCUT2D eigenvalue weighted by Crippen LogP contribution is 2.23. The van der Waals surface area contributed by atoms with Crippen molar-refractivity contribution in [3.63, 3.8) is 0 Å². The van der Waals surface area contributed by atoms with Gasteiger partial charge in [0.1, 0.15) is 5.75 Å². The van der Waals surface area contributed by atoms with E-state index in [1.807, 2.05) is 12.1 Å². The van der Waals surface area contributed by atoms with Crippen LogP contribution in [0.1, 0.15) is 16.7 Å². The van der Waals surface area contributed by atoms with Crippen LogP contribution in [0, 0.1) is 6.92 Å². The molecule has 1 heteroatoms. The number of rotatable bonds is 4. The standard InChI is InChI=1S/C21H20O/c1-16-3-5-17(6-4-16)15-18-7-9-19(10-8-18)20-11-13-21(22-2)14-12-20/h3-14H,15H2,1-2H3. The SMILES string of the molecule is COc1ccc(-c2ccc(Cc3ccc(C)cc3)cc2)cc1. The lowest BCUT2D eigenvalue weighted by atomic mass is 10.00. The van der Waals surface area contributed by atoms with Gasteiger partial charge in [0.15, 0.2) is 0 Å². The first-order valence-corrected chi connectivity index (χ1v) is 7.53. The van der Waals surface area contributed by atoms with Crippen LogP contribution in [0.25, 0.3) is 11.1 Å². The molecule has 0 radical (unpaired) electrons. The fourth-order valence-electron chi connectivity index (χ4n) is 2.54. The lowest BCUT2D eigenvalue weighted by Crippen LogP contribution is -1.88. The summed E-state index contributed by atoms with van der Waals surface area (Å²) >= 11 is 0. The molecule has 3 rings (SSSR count). The minimum absolute atomic E-state index is 0.889. The Hall–Kier alpha value is -2.54. The first kappa shape index (κ1) is 14.4. The monoisotopic (exact) mass is 288 g/mol. The minimum Gasteiger partial charge on any atom is -0.497 e. The average Bonchev–Trinajstić information content (AvgIpc) is 2.58. The maximum Gasteiger partial charge on any atom is 0.118 e. The Bertz CT molecular complexity index is 722. The van der Waals surface area contributed by atoms with Gasteiger partial charge in [0.05, 0.1) is 7.11 Å². The first-order chi connectivity index (χ1) is 10.7. The van der Waals surface area contributed by atoms with Crippen LogP contribution in [0.15, 0.2) is 72.8 Å². The molecule has 0 amide bonds. The Kier molecular flexibility index (Phi) is 4.24. The van der Waals surface area contributed by atoms with Crippen molar-refractivity contribution in [2.75, 3.05) is 7.11 Å². The third-order valence-electron chi connectivity index (χ3n) is 3.91. The summed E-state index contributed by atoms with van der Waals surface area (Å²) in [6, 6.07) is 25.7. The Morgan fingerprint density at radius 2 is 1.09 bits per heavy atom. The molecule has 0 fully saturated rings. The predicted octanol–water partition coefficient (Wildman–Crippen LogP) is 5.26. The van der Waals surface area contributed by atoms with E-state index in [1.165, 1.54) is 27.8 Å². The third-order valence-corrected chi connectivity index (χ3v) is 3.91. The van der Waals surface area contributed by atoms with Gasteiger partial charge in [-0.15, -0.1) is 0 Å². The van der Waals surface area contributed by atoms with Gasteiger partial charge in [-0.05, 0) is 47.7 Å². The third kappa shape index (κ3) is 3.37. The second-order valence-electron chi connectivity index (χ2n) is 5.59. The summed E-state index contributed by atoms with van der Waals surface area (Å²) in [5.74, 6) is 0.889. The van der Waals surface area contributed by atoms with Crippen LogP contribution in [0.5, 0.6) is 5.75 Å². The van der Waals surface area contributed by atoms with Crippen LogP contribution in [0.3, 0.4) is 0 Å². The molecule has 0 spiro atoms. The summed E-state index contributed by atoms with van der Waals surface area (Å²) < 4.78 is 5.20. The van der Waals surface area contributed by atoms with Crippen molar-refractivity contribution >= 4 is 0 Å². The molecule has 0 saturated carbocycles. The van der Waals surface area contributed by atoms with Gasteiger partial charge >= 0.3 is 0 Å². The van der Waals surface area contributed by atoms with Crippen LogP contribution >= 0.6 is 0 Å². The van der Waals surface area contributed by atoms with Gasteiger partial charge in [-0.2, -0.15) is 0 Å². The number of methoxy groups -OCH3 is 1. The van der Waals surface area contributed by atoms with Gasteiger partial charge in [-0.3, -0.25) is 0 Å². The summed E-state index contributed by atoms with van der Waals surface area (Å²) in [4.78, 5) is 0. The zero-order chi connectivity index (χ0) is 15.4. The second kappa shape index (κ2) is 6.48. The van der Waals surface area contributed by atoms with Crippen molar-refractivity contribution in [3.05, 3.63) is 89.5 Å². The summed E-state index contributed by atoms with van der Waals surface area (Å²) in [6.45, 7) is 2.12. The van der Waals surface area contributed by atoms with E-state index in [4.69, 9.17) is 4.74 Å². The van der Waals surface area contributed by atoms with Crippen LogP contribution in [-0.2, 0) is 6.42 Å². The van der Waals surface area contributed by atoms with Gasteiger partial charge in [0.25, 0.3) is 0 Å². The van der Waals surface area contributed by atoms with E-state index in [2.05, 4.69) is 67.6 Å². The van der Waals surface area contributed by atoms with Crippen LogP contribution < -0.4 is 4.74 Å². The van der Waals surface area contributed by atoms with Gasteiger partial charge in [0.2, 0.25) is 0 Å². The quantitative estimate of drug-likeness (QED) is 0.636. The highest BCUT2D eigenvalue weighted by Gasteiger charge is 2.00. The molecule has 110 valence electrons. The van der Waals surface area contributed by atoms with Gasteiger partial charge in [-0.1, -0.05) is 66.2 Å². The smallest absolute Gasteiger partial charge is 0.118 e. The molecule has 0 saturated heterocycles. The molecule has 0 aliphatic rings. The molecule has 0 aliphatic carbocycles. The molecule has 0 aromatic heterocycles. The number of hydrogen-bond donors (Lipinski definition) is 0. The second-order valence-corrected chi connectivity index (χ2v) is 5.59. The van der Waals surface area contributed by atoms with E-state index in [1.54, 1.807) is 7.11 Å². The van der Waals surface area contributed by atoms with Crippen molar-refractivity contribution in [1.82, 2.24) is 0 Å².